The monoisotopic (exact) mass is 333 g/mol. The van der Waals surface area contributed by atoms with Crippen molar-refractivity contribution in [3.63, 3.8) is 0 Å². The van der Waals surface area contributed by atoms with Crippen molar-refractivity contribution in [2.75, 3.05) is 12.4 Å². The number of rotatable bonds is 5. The van der Waals surface area contributed by atoms with E-state index in [1.165, 1.54) is 18.2 Å². The molecule has 1 fully saturated rings. The number of hydrogen-bond acceptors (Lipinski definition) is 2. The van der Waals surface area contributed by atoms with Crippen LogP contribution in [-0.2, 0) is 10.0 Å². The molecule has 0 radical (unpaired) electrons. The van der Waals surface area contributed by atoms with E-state index < -0.39 is 15.8 Å². The van der Waals surface area contributed by atoms with Crippen molar-refractivity contribution in [2.24, 2.45) is 11.8 Å². The Morgan fingerprint density at radius 2 is 1.95 bits per heavy atom. The van der Waals surface area contributed by atoms with Crippen molar-refractivity contribution in [1.82, 2.24) is 4.72 Å². The highest BCUT2D eigenvalue weighted by molar-refractivity contribution is 7.89. The SMILES string of the molecule is Cc1cc(F)ccc1S(=O)(=O)NCC1CCCCC1CCl. The predicted octanol–water partition coefficient (Wildman–Crippen LogP) is 3.46. The molecule has 0 aliphatic heterocycles. The van der Waals surface area contributed by atoms with Crippen molar-refractivity contribution >= 4 is 21.6 Å². The van der Waals surface area contributed by atoms with Gasteiger partial charge in [0.15, 0.2) is 0 Å². The van der Waals surface area contributed by atoms with Crippen LogP contribution in [0.2, 0.25) is 0 Å². The van der Waals surface area contributed by atoms with Gasteiger partial charge in [-0.05, 0) is 55.4 Å². The maximum Gasteiger partial charge on any atom is 0.240 e. The quantitative estimate of drug-likeness (QED) is 0.839. The zero-order valence-corrected chi connectivity index (χ0v) is 13.7. The van der Waals surface area contributed by atoms with Gasteiger partial charge in [-0.25, -0.2) is 17.5 Å². The van der Waals surface area contributed by atoms with Crippen LogP contribution in [-0.4, -0.2) is 20.8 Å². The van der Waals surface area contributed by atoms with Crippen LogP contribution in [0.5, 0.6) is 0 Å². The van der Waals surface area contributed by atoms with Crippen molar-refractivity contribution in [3.05, 3.63) is 29.6 Å². The van der Waals surface area contributed by atoms with E-state index in [1.54, 1.807) is 6.92 Å². The highest BCUT2D eigenvalue weighted by atomic mass is 35.5. The molecule has 6 heteroatoms. The summed E-state index contributed by atoms with van der Waals surface area (Å²) in [7, 11) is -3.60. The second kappa shape index (κ2) is 7.07. The lowest BCUT2D eigenvalue weighted by atomic mass is 9.80. The van der Waals surface area contributed by atoms with Crippen molar-refractivity contribution in [1.29, 1.82) is 0 Å². The van der Waals surface area contributed by atoms with E-state index >= 15 is 0 Å². The third-order valence-corrected chi connectivity index (χ3v) is 6.21. The Hall–Kier alpha value is -0.650. The number of halogens is 2. The topological polar surface area (TPSA) is 46.2 Å². The van der Waals surface area contributed by atoms with Crippen molar-refractivity contribution in [3.8, 4) is 0 Å². The first-order valence-electron chi connectivity index (χ1n) is 7.26. The Morgan fingerprint density at radius 3 is 2.57 bits per heavy atom. The normalized spacial score (nSPS) is 23.2. The minimum absolute atomic E-state index is 0.141. The Labute approximate surface area is 130 Å². The molecule has 1 aliphatic carbocycles. The molecule has 118 valence electrons. The molecule has 1 aromatic rings. The van der Waals surface area contributed by atoms with Gasteiger partial charge in [0.2, 0.25) is 10.0 Å². The van der Waals surface area contributed by atoms with Crippen LogP contribution in [0.3, 0.4) is 0 Å². The van der Waals surface area contributed by atoms with Gasteiger partial charge in [0.25, 0.3) is 0 Å². The summed E-state index contributed by atoms with van der Waals surface area (Å²) >= 11 is 5.97. The van der Waals surface area contributed by atoms with Gasteiger partial charge in [-0.15, -0.1) is 11.6 Å². The molecule has 2 rings (SSSR count). The smallest absolute Gasteiger partial charge is 0.211 e. The number of aryl methyl sites for hydroxylation is 1. The summed E-state index contributed by atoms with van der Waals surface area (Å²) in [6.07, 6.45) is 4.35. The lowest BCUT2D eigenvalue weighted by molar-refractivity contribution is 0.260. The molecule has 2 atom stereocenters. The van der Waals surface area contributed by atoms with Crippen LogP contribution in [0.1, 0.15) is 31.2 Å². The minimum Gasteiger partial charge on any atom is -0.211 e. The molecular formula is C15H21ClFNO2S. The molecule has 1 aliphatic rings. The first kappa shape index (κ1) is 16.7. The number of nitrogens with one attached hydrogen (secondary N) is 1. The van der Waals surface area contributed by atoms with Gasteiger partial charge in [-0.2, -0.15) is 0 Å². The number of hydrogen-bond donors (Lipinski definition) is 1. The summed E-state index contributed by atoms with van der Waals surface area (Å²) in [4.78, 5) is 0.141. The van der Waals surface area contributed by atoms with E-state index in [9.17, 15) is 12.8 Å². The summed E-state index contributed by atoms with van der Waals surface area (Å²) < 4.78 is 40.4. The second-order valence-electron chi connectivity index (χ2n) is 5.72. The van der Waals surface area contributed by atoms with Gasteiger partial charge < -0.3 is 0 Å². The maximum atomic E-state index is 13.1. The molecule has 0 saturated heterocycles. The van der Waals surface area contributed by atoms with Gasteiger partial charge in [0.05, 0.1) is 4.90 Å². The summed E-state index contributed by atoms with van der Waals surface area (Å²) in [5, 5.41) is 0. The van der Waals surface area contributed by atoms with Crippen LogP contribution in [0.25, 0.3) is 0 Å². The van der Waals surface area contributed by atoms with Crippen LogP contribution < -0.4 is 4.72 Å². The Bertz CT molecular complexity index is 591. The molecule has 0 heterocycles. The van der Waals surface area contributed by atoms with Crippen molar-refractivity contribution in [2.45, 2.75) is 37.5 Å². The average Bonchev–Trinajstić information content (AvgIpc) is 2.45. The number of alkyl halides is 1. The van der Waals surface area contributed by atoms with E-state index in [4.69, 9.17) is 11.6 Å². The second-order valence-corrected chi connectivity index (χ2v) is 7.76. The maximum absolute atomic E-state index is 13.1. The van der Waals surface area contributed by atoms with Crippen LogP contribution >= 0.6 is 11.6 Å². The summed E-state index contributed by atoms with van der Waals surface area (Å²) in [6, 6.07) is 3.72. The molecule has 1 N–H and O–H groups in total. The summed E-state index contributed by atoms with van der Waals surface area (Å²) in [5.74, 6) is 0.798. The van der Waals surface area contributed by atoms with E-state index in [0.717, 1.165) is 25.7 Å². The molecule has 0 aromatic heterocycles. The van der Waals surface area contributed by atoms with E-state index in [2.05, 4.69) is 4.72 Å². The molecule has 1 aromatic carbocycles. The predicted molar refractivity (Wildman–Crippen MR) is 82.5 cm³/mol. The summed E-state index contributed by atoms with van der Waals surface area (Å²) in [5.41, 5.74) is 0.417. The number of sulfonamides is 1. The van der Waals surface area contributed by atoms with Gasteiger partial charge in [0, 0.05) is 12.4 Å². The number of benzene rings is 1. The Morgan fingerprint density at radius 1 is 1.29 bits per heavy atom. The Kier molecular flexibility index (Phi) is 5.63. The molecule has 0 amide bonds. The molecule has 1 saturated carbocycles. The van der Waals surface area contributed by atoms with Crippen LogP contribution in [0.4, 0.5) is 4.39 Å². The first-order chi connectivity index (χ1) is 9.94. The fraction of sp³-hybridized carbons (Fsp3) is 0.600. The first-order valence-corrected chi connectivity index (χ1v) is 9.27. The molecule has 2 unspecified atom stereocenters. The highest BCUT2D eigenvalue weighted by Gasteiger charge is 2.26. The zero-order valence-electron chi connectivity index (χ0n) is 12.1. The lowest BCUT2D eigenvalue weighted by Crippen LogP contribution is -2.35. The van der Waals surface area contributed by atoms with Gasteiger partial charge >= 0.3 is 0 Å². The standard InChI is InChI=1S/C15H21ClFNO2S/c1-11-8-14(17)6-7-15(11)21(19,20)18-10-13-5-3-2-4-12(13)9-16/h6-8,12-13,18H,2-5,9-10H2,1H3. The Balaban J connectivity index is 2.07. The van der Waals surface area contributed by atoms with E-state index in [0.29, 0.717) is 23.9 Å². The molecule has 0 bridgehead atoms. The van der Waals surface area contributed by atoms with E-state index in [1.807, 2.05) is 0 Å². The highest BCUT2D eigenvalue weighted by Crippen LogP contribution is 2.30. The zero-order chi connectivity index (χ0) is 15.5. The van der Waals surface area contributed by atoms with Crippen LogP contribution in [0, 0.1) is 24.6 Å². The lowest BCUT2D eigenvalue weighted by Gasteiger charge is -2.30. The van der Waals surface area contributed by atoms with Gasteiger partial charge in [-0.1, -0.05) is 12.8 Å². The fourth-order valence-corrected chi connectivity index (χ4v) is 4.69. The van der Waals surface area contributed by atoms with Gasteiger partial charge in [-0.3, -0.25) is 0 Å². The van der Waals surface area contributed by atoms with Crippen molar-refractivity contribution < 1.29 is 12.8 Å². The average molecular weight is 334 g/mol. The molecule has 0 spiro atoms. The van der Waals surface area contributed by atoms with Gasteiger partial charge in [0.1, 0.15) is 5.82 Å². The molecular weight excluding hydrogens is 313 g/mol. The molecule has 21 heavy (non-hydrogen) atoms. The largest absolute Gasteiger partial charge is 0.240 e. The summed E-state index contributed by atoms with van der Waals surface area (Å²) in [6.45, 7) is 2.00. The fourth-order valence-electron chi connectivity index (χ4n) is 2.97. The van der Waals surface area contributed by atoms with Crippen LogP contribution in [0.15, 0.2) is 23.1 Å². The minimum atomic E-state index is -3.60. The molecule has 3 nitrogen and oxygen atoms in total. The third-order valence-electron chi connectivity index (χ3n) is 4.23. The third kappa shape index (κ3) is 4.18. The van der Waals surface area contributed by atoms with E-state index in [-0.39, 0.29) is 10.8 Å².